The Morgan fingerprint density at radius 3 is 2.00 bits per heavy atom. The molecule has 3 aliphatic carbocycles. The standard InChI is InChI=1S/C28H37F5O/c1-2-3-4-5-18-6-7-23-15-22(13-12-21(23)14-18)19-8-10-20(11-9-19)24-16-25(29)27(26(30)17-24)34-28(31,32)33/h2-3,16-23H,4-15H2,1H3/b3-2+. The fourth-order valence-corrected chi connectivity index (χ4v) is 7.16. The van der Waals surface area contributed by atoms with Gasteiger partial charge in [0.2, 0.25) is 5.75 Å². The van der Waals surface area contributed by atoms with Crippen molar-refractivity contribution in [2.45, 2.75) is 96.3 Å². The van der Waals surface area contributed by atoms with E-state index in [1.807, 2.05) is 0 Å². The highest BCUT2D eigenvalue weighted by molar-refractivity contribution is 5.33. The summed E-state index contributed by atoms with van der Waals surface area (Å²) in [7, 11) is 0. The van der Waals surface area contributed by atoms with Crippen LogP contribution in [0.5, 0.6) is 5.75 Å². The second-order valence-electron chi connectivity index (χ2n) is 10.9. The van der Waals surface area contributed by atoms with Crippen LogP contribution < -0.4 is 4.74 Å². The molecule has 3 saturated carbocycles. The minimum Gasteiger partial charge on any atom is -0.399 e. The van der Waals surface area contributed by atoms with Gasteiger partial charge in [0, 0.05) is 0 Å². The number of fused-ring (bicyclic) bond motifs is 1. The lowest BCUT2D eigenvalue weighted by molar-refractivity contribution is -0.276. The van der Waals surface area contributed by atoms with E-state index in [-0.39, 0.29) is 5.92 Å². The van der Waals surface area contributed by atoms with Crippen LogP contribution in [-0.4, -0.2) is 6.36 Å². The van der Waals surface area contributed by atoms with Crippen LogP contribution in [-0.2, 0) is 0 Å². The number of allylic oxidation sites excluding steroid dienone is 2. The molecule has 4 atom stereocenters. The Bertz CT molecular complexity index is 817. The molecule has 0 bridgehead atoms. The third kappa shape index (κ3) is 6.34. The first-order chi connectivity index (χ1) is 16.2. The molecular weight excluding hydrogens is 447 g/mol. The zero-order chi connectivity index (χ0) is 24.3. The fourth-order valence-electron chi connectivity index (χ4n) is 7.16. The maximum atomic E-state index is 14.2. The normalized spacial score (nSPS) is 32.5. The van der Waals surface area contributed by atoms with Crippen LogP contribution in [0.2, 0.25) is 0 Å². The van der Waals surface area contributed by atoms with Crippen molar-refractivity contribution in [3.8, 4) is 5.75 Å². The molecule has 4 unspecified atom stereocenters. The van der Waals surface area contributed by atoms with Crippen molar-refractivity contribution in [3.63, 3.8) is 0 Å². The summed E-state index contributed by atoms with van der Waals surface area (Å²) in [6, 6.07) is 2.05. The first kappa shape index (κ1) is 25.5. The molecule has 190 valence electrons. The van der Waals surface area contributed by atoms with E-state index in [1.54, 1.807) is 0 Å². The van der Waals surface area contributed by atoms with Crippen molar-refractivity contribution >= 4 is 0 Å². The summed E-state index contributed by atoms with van der Waals surface area (Å²) in [4.78, 5) is 0. The van der Waals surface area contributed by atoms with Crippen molar-refractivity contribution in [2.24, 2.45) is 29.6 Å². The third-order valence-electron chi connectivity index (χ3n) is 8.89. The largest absolute Gasteiger partial charge is 0.573 e. The molecule has 34 heavy (non-hydrogen) atoms. The Morgan fingerprint density at radius 2 is 1.38 bits per heavy atom. The van der Waals surface area contributed by atoms with Gasteiger partial charge in [0.15, 0.2) is 11.6 Å². The number of benzene rings is 1. The lowest BCUT2D eigenvalue weighted by atomic mass is 9.60. The predicted molar refractivity (Wildman–Crippen MR) is 123 cm³/mol. The summed E-state index contributed by atoms with van der Waals surface area (Å²) in [5, 5.41) is 0. The molecule has 0 saturated heterocycles. The lowest BCUT2D eigenvalue weighted by Crippen LogP contribution is -2.34. The van der Waals surface area contributed by atoms with Gasteiger partial charge in [-0.1, -0.05) is 18.6 Å². The third-order valence-corrected chi connectivity index (χ3v) is 8.89. The SMILES string of the molecule is C/C=C/CCC1CCC2CC(C3CCC(c4cc(F)c(OC(F)(F)F)c(F)c4)CC3)CCC2C1. The zero-order valence-electron chi connectivity index (χ0n) is 20.1. The molecule has 4 rings (SSSR count). The average Bonchev–Trinajstić information content (AvgIpc) is 2.80. The van der Waals surface area contributed by atoms with E-state index in [0.717, 1.165) is 61.5 Å². The van der Waals surface area contributed by atoms with E-state index in [4.69, 9.17) is 0 Å². The van der Waals surface area contributed by atoms with Gasteiger partial charge in [-0.15, -0.1) is 13.2 Å². The second-order valence-corrected chi connectivity index (χ2v) is 10.9. The quantitative estimate of drug-likeness (QED) is 0.289. The molecule has 0 aromatic heterocycles. The predicted octanol–water partition coefficient (Wildman–Crippen LogP) is 9.33. The number of halogens is 5. The van der Waals surface area contributed by atoms with Crippen LogP contribution in [0, 0.1) is 41.2 Å². The second kappa shape index (κ2) is 11.0. The minimum atomic E-state index is -5.12. The van der Waals surface area contributed by atoms with Crippen LogP contribution in [0.15, 0.2) is 24.3 Å². The molecule has 1 aromatic carbocycles. The number of rotatable bonds is 6. The van der Waals surface area contributed by atoms with Gasteiger partial charge >= 0.3 is 6.36 Å². The molecular formula is C28H37F5O. The van der Waals surface area contributed by atoms with Gasteiger partial charge in [0.1, 0.15) is 0 Å². The van der Waals surface area contributed by atoms with Gasteiger partial charge in [-0.2, -0.15) is 0 Å². The van der Waals surface area contributed by atoms with Gasteiger partial charge in [-0.05, 0) is 131 Å². The topological polar surface area (TPSA) is 9.23 Å². The van der Waals surface area contributed by atoms with E-state index in [9.17, 15) is 22.0 Å². The lowest BCUT2D eigenvalue weighted by Gasteiger charge is -2.45. The molecule has 1 nitrogen and oxygen atoms in total. The molecule has 0 heterocycles. The summed E-state index contributed by atoms with van der Waals surface area (Å²) in [6.07, 6.45) is 13.7. The number of alkyl halides is 3. The number of ether oxygens (including phenoxy) is 1. The first-order valence-electron chi connectivity index (χ1n) is 13.1. The van der Waals surface area contributed by atoms with Crippen molar-refractivity contribution in [1.29, 1.82) is 0 Å². The summed E-state index contributed by atoms with van der Waals surface area (Å²) < 4.78 is 69.1. The van der Waals surface area contributed by atoms with E-state index in [1.165, 1.54) is 51.4 Å². The smallest absolute Gasteiger partial charge is 0.399 e. The summed E-state index contributed by atoms with van der Waals surface area (Å²) in [5.74, 6) is 0.104. The molecule has 0 N–H and O–H groups in total. The molecule has 3 aliphatic rings. The Labute approximate surface area is 200 Å². The van der Waals surface area contributed by atoms with E-state index < -0.39 is 23.7 Å². The molecule has 0 radical (unpaired) electrons. The fraction of sp³-hybridized carbons (Fsp3) is 0.714. The highest BCUT2D eigenvalue weighted by Gasteiger charge is 2.39. The molecule has 0 amide bonds. The van der Waals surface area contributed by atoms with E-state index >= 15 is 0 Å². The van der Waals surface area contributed by atoms with Crippen LogP contribution in [0.4, 0.5) is 22.0 Å². The van der Waals surface area contributed by atoms with E-state index in [2.05, 4.69) is 23.8 Å². The maximum absolute atomic E-state index is 14.2. The highest BCUT2D eigenvalue weighted by atomic mass is 19.4. The summed E-state index contributed by atoms with van der Waals surface area (Å²) >= 11 is 0. The van der Waals surface area contributed by atoms with Gasteiger partial charge < -0.3 is 4.74 Å². The van der Waals surface area contributed by atoms with Crippen LogP contribution in [0.3, 0.4) is 0 Å². The van der Waals surface area contributed by atoms with Crippen molar-refractivity contribution in [2.75, 3.05) is 0 Å². The summed E-state index contributed by atoms with van der Waals surface area (Å²) in [5.41, 5.74) is 0.447. The van der Waals surface area contributed by atoms with Crippen LogP contribution >= 0.6 is 0 Å². The first-order valence-corrected chi connectivity index (χ1v) is 13.1. The van der Waals surface area contributed by atoms with Crippen molar-refractivity contribution < 1.29 is 26.7 Å². The molecule has 0 aliphatic heterocycles. The molecule has 3 fully saturated rings. The van der Waals surface area contributed by atoms with Gasteiger partial charge in [-0.3, -0.25) is 0 Å². The number of hydrogen-bond acceptors (Lipinski definition) is 1. The van der Waals surface area contributed by atoms with Crippen LogP contribution in [0.25, 0.3) is 0 Å². The maximum Gasteiger partial charge on any atom is 0.573 e. The van der Waals surface area contributed by atoms with Gasteiger partial charge in [0.25, 0.3) is 0 Å². The zero-order valence-corrected chi connectivity index (χ0v) is 20.1. The monoisotopic (exact) mass is 484 g/mol. The Balaban J connectivity index is 1.28. The molecule has 0 spiro atoms. The van der Waals surface area contributed by atoms with E-state index in [0.29, 0.717) is 11.5 Å². The Hall–Kier alpha value is -1.59. The average molecular weight is 485 g/mol. The van der Waals surface area contributed by atoms with Crippen molar-refractivity contribution in [3.05, 3.63) is 41.5 Å². The molecule has 6 heteroatoms. The molecule has 1 aromatic rings. The highest BCUT2D eigenvalue weighted by Crippen LogP contribution is 2.50. The van der Waals surface area contributed by atoms with Crippen molar-refractivity contribution in [1.82, 2.24) is 0 Å². The van der Waals surface area contributed by atoms with Gasteiger partial charge in [0.05, 0.1) is 0 Å². The Morgan fingerprint density at radius 1 is 0.824 bits per heavy atom. The number of hydrogen-bond donors (Lipinski definition) is 0. The van der Waals surface area contributed by atoms with Crippen LogP contribution in [0.1, 0.15) is 95.5 Å². The Kier molecular flexibility index (Phi) is 8.24. The van der Waals surface area contributed by atoms with Gasteiger partial charge in [-0.25, -0.2) is 8.78 Å². The minimum absolute atomic E-state index is 0.0101. The summed E-state index contributed by atoms with van der Waals surface area (Å²) in [6.45, 7) is 2.09.